The van der Waals surface area contributed by atoms with Gasteiger partial charge in [0.05, 0.1) is 17.6 Å². The lowest BCUT2D eigenvalue weighted by Crippen LogP contribution is -2.26. The molecule has 2 aromatic carbocycles. The fraction of sp³-hybridized carbons (Fsp3) is 0.333. The molecule has 0 bridgehead atoms. The number of carbonyl (C=O) groups is 1. The van der Waals surface area contributed by atoms with Crippen molar-refractivity contribution in [1.29, 1.82) is 0 Å². The smallest absolute Gasteiger partial charge is 0.326 e. The Labute approximate surface area is 163 Å². The Morgan fingerprint density at radius 3 is 2.52 bits per heavy atom. The van der Waals surface area contributed by atoms with Gasteiger partial charge < -0.3 is 14.0 Å². The highest BCUT2D eigenvalue weighted by Crippen LogP contribution is 2.24. The van der Waals surface area contributed by atoms with E-state index in [0.717, 1.165) is 27.7 Å². The quantitative estimate of drug-likeness (QED) is 0.340. The molecule has 0 N–H and O–H groups in total. The molecule has 0 saturated carbocycles. The van der Waals surface area contributed by atoms with Gasteiger partial charge in [0.25, 0.3) is 0 Å². The van der Waals surface area contributed by atoms with E-state index in [4.69, 9.17) is 9.47 Å². The predicted octanol–water partition coefficient (Wildman–Crippen LogP) is 4.55. The Morgan fingerprint density at radius 2 is 1.78 bits per heavy atom. The Morgan fingerprint density at radius 1 is 1.07 bits per heavy atom. The minimum absolute atomic E-state index is 0.139. The van der Waals surface area contributed by atoms with Crippen LogP contribution in [0.15, 0.2) is 59.8 Å². The third-order valence-electron chi connectivity index (χ3n) is 3.65. The maximum atomic E-state index is 12.3. The first-order chi connectivity index (χ1) is 12.9. The molecule has 142 valence electrons. The van der Waals surface area contributed by atoms with Crippen molar-refractivity contribution in [2.75, 3.05) is 12.4 Å². The average Bonchev–Trinajstić information content (AvgIpc) is 2.96. The summed E-state index contributed by atoms with van der Waals surface area (Å²) < 4.78 is 13.1. The van der Waals surface area contributed by atoms with Gasteiger partial charge in [0.15, 0.2) is 5.16 Å². The van der Waals surface area contributed by atoms with Gasteiger partial charge in [0.2, 0.25) is 0 Å². The molecule has 1 aromatic heterocycles. The number of ether oxygens (including phenoxy) is 2. The Balaban J connectivity index is 1.69. The SMILES string of the molecule is CC(C)(C)OC(=O)Cn1c(SCCOc2ccccc2)nc2ccccc21. The number of carbonyl (C=O) groups excluding carboxylic acids is 1. The molecule has 6 heteroatoms. The number of hydrogen-bond donors (Lipinski definition) is 0. The Hall–Kier alpha value is -2.47. The molecule has 0 unspecified atom stereocenters. The number of benzene rings is 2. The number of thioether (sulfide) groups is 1. The zero-order valence-corrected chi connectivity index (χ0v) is 16.7. The third-order valence-corrected chi connectivity index (χ3v) is 4.59. The van der Waals surface area contributed by atoms with Gasteiger partial charge in [-0.1, -0.05) is 42.1 Å². The van der Waals surface area contributed by atoms with E-state index in [1.165, 1.54) is 0 Å². The fourth-order valence-corrected chi connectivity index (χ4v) is 3.46. The first kappa shape index (κ1) is 19.3. The molecule has 3 rings (SSSR count). The summed E-state index contributed by atoms with van der Waals surface area (Å²) in [5.41, 5.74) is 1.28. The Kier molecular flexibility index (Phi) is 6.06. The lowest BCUT2D eigenvalue weighted by Gasteiger charge is -2.20. The van der Waals surface area contributed by atoms with Gasteiger partial charge in [-0.05, 0) is 45.0 Å². The topological polar surface area (TPSA) is 53.4 Å². The van der Waals surface area contributed by atoms with Crippen LogP contribution in [0.25, 0.3) is 11.0 Å². The number of para-hydroxylation sites is 3. The molecule has 0 saturated heterocycles. The average molecular weight is 385 g/mol. The molecule has 3 aromatic rings. The second-order valence-corrected chi connectivity index (χ2v) is 8.13. The maximum absolute atomic E-state index is 12.3. The van der Waals surface area contributed by atoms with E-state index in [1.54, 1.807) is 11.8 Å². The van der Waals surface area contributed by atoms with Crippen LogP contribution in [0.4, 0.5) is 0 Å². The van der Waals surface area contributed by atoms with E-state index >= 15 is 0 Å². The summed E-state index contributed by atoms with van der Waals surface area (Å²) in [7, 11) is 0. The first-order valence-corrected chi connectivity index (χ1v) is 9.89. The maximum Gasteiger partial charge on any atom is 0.326 e. The summed E-state index contributed by atoms with van der Waals surface area (Å²) in [5, 5.41) is 0.790. The van der Waals surface area contributed by atoms with E-state index in [1.807, 2.05) is 79.9 Å². The molecule has 0 amide bonds. The lowest BCUT2D eigenvalue weighted by atomic mass is 10.2. The molecule has 0 spiro atoms. The molecule has 0 aliphatic heterocycles. The van der Waals surface area contributed by atoms with E-state index in [2.05, 4.69) is 4.98 Å². The summed E-state index contributed by atoms with van der Waals surface area (Å²) >= 11 is 1.57. The number of imidazole rings is 1. The van der Waals surface area contributed by atoms with Crippen LogP contribution in [-0.2, 0) is 16.1 Å². The summed E-state index contributed by atoms with van der Waals surface area (Å²) in [5.74, 6) is 1.31. The first-order valence-electron chi connectivity index (χ1n) is 8.90. The van der Waals surface area contributed by atoms with Gasteiger partial charge in [-0.2, -0.15) is 0 Å². The van der Waals surface area contributed by atoms with Gasteiger partial charge in [-0.3, -0.25) is 4.79 Å². The van der Waals surface area contributed by atoms with Gasteiger partial charge in [-0.15, -0.1) is 0 Å². The van der Waals surface area contributed by atoms with Crippen LogP contribution in [0, 0.1) is 0 Å². The number of nitrogens with zero attached hydrogens (tertiary/aromatic N) is 2. The van der Waals surface area contributed by atoms with Crippen molar-refractivity contribution >= 4 is 28.8 Å². The molecule has 0 aliphatic carbocycles. The molecular formula is C21H24N2O3S. The van der Waals surface area contributed by atoms with Crippen molar-refractivity contribution in [2.45, 2.75) is 38.1 Å². The monoisotopic (exact) mass is 384 g/mol. The van der Waals surface area contributed by atoms with Crippen molar-refractivity contribution in [3.05, 3.63) is 54.6 Å². The second kappa shape index (κ2) is 8.48. The summed E-state index contributed by atoms with van der Waals surface area (Å²) in [6.45, 7) is 6.30. The van der Waals surface area contributed by atoms with Gasteiger partial charge in [0, 0.05) is 5.75 Å². The second-order valence-electron chi connectivity index (χ2n) is 7.07. The predicted molar refractivity (Wildman–Crippen MR) is 108 cm³/mol. The minimum atomic E-state index is -0.510. The highest BCUT2D eigenvalue weighted by Gasteiger charge is 2.19. The standard InChI is InChI=1S/C21H24N2O3S/c1-21(2,3)26-19(24)15-23-18-12-8-7-11-17(18)22-20(23)27-14-13-25-16-9-5-4-6-10-16/h4-12H,13-15H2,1-3H3. The number of hydrogen-bond acceptors (Lipinski definition) is 5. The summed E-state index contributed by atoms with van der Waals surface area (Å²) in [6.07, 6.45) is 0. The van der Waals surface area contributed by atoms with Crippen LogP contribution in [0.3, 0.4) is 0 Å². The molecular weight excluding hydrogens is 360 g/mol. The van der Waals surface area contributed by atoms with Crippen molar-refractivity contribution in [1.82, 2.24) is 9.55 Å². The van der Waals surface area contributed by atoms with Crippen molar-refractivity contribution in [2.24, 2.45) is 0 Å². The van der Waals surface area contributed by atoms with E-state index in [-0.39, 0.29) is 12.5 Å². The van der Waals surface area contributed by atoms with Crippen molar-refractivity contribution < 1.29 is 14.3 Å². The van der Waals surface area contributed by atoms with E-state index in [9.17, 15) is 4.79 Å². The van der Waals surface area contributed by atoms with Crippen LogP contribution in [0.1, 0.15) is 20.8 Å². The van der Waals surface area contributed by atoms with Crippen LogP contribution >= 0.6 is 11.8 Å². The molecule has 27 heavy (non-hydrogen) atoms. The molecule has 0 aliphatic rings. The van der Waals surface area contributed by atoms with Crippen molar-refractivity contribution in [3.63, 3.8) is 0 Å². The number of esters is 1. The molecule has 0 radical (unpaired) electrons. The third kappa shape index (κ3) is 5.50. The van der Waals surface area contributed by atoms with Crippen LogP contribution in [-0.4, -0.2) is 33.5 Å². The van der Waals surface area contributed by atoms with Gasteiger partial charge in [-0.25, -0.2) is 4.98 Å². The fourth-order valence-electron chi connectivity index (χ4n) is 2.63. The van der Waals surface area contributed by atoms with Crippen LogP contribution < -0.4 is 4.74 Å². The van der Waals surface area contributed by atoms with Gasteiger partial charge >= 0.3 is 5.97 Å². The largest absolute Gasteiger partial charge is 0.493 e. The minimum Gasteiger partial charge on any atom is -0.493 e. The number of aromatic nitrogens is 2. The van der Waals surface area contributed by atoms with Crippen LogP contribution in [0.2, 0.25) is 0 Å². The molecule has 0 atom stereocenters. The van der Waals surface area contributed by atoms with E-state index < -0.39 is 5.60 Å². The molecule has 0 fully saturated rings. The highest BCUT2D eigenvalue weighted by atomic mass is 32.2. The normalized spacial score (nSPS) is 11.5. The summed E-state index contributed by atoms with van der Waals surface area (Å²) in [6, 6.07) is 17.5. The Bertz CT molecular complexity index is 901. The number of rotatable bonds is 7. The summed E-state index contributed by atoms with van der Waals surface area (Å²) in [4.78, 5) is 17.0. The molecule has 1 heterocycles. The van der Waals surface area contributed by atoms with E-state index in [0.29, 0.717) is 6.61 Å². The number of fused-ring (bicyclic) bond motifs is 1. The molecule has 5 nitrogen and oxygen atoms in total. The van der Waals surface area contributed by atoms with Gasteiger partial charge in [0.1, 0.15) is 17.9 Å². The van der Waals surface area contributed by atoms with Crippen LogP contribution in [0.5, 0.6) is 5.75 Å². The zero-order chi connectivity index (χ0) is 19.3. The zero-order valence-electron chi connectivity index (χ0n) is 15.8. The highest BCUT2D eigenvalue weighted by molar-refractivity contribution is 7.99. The lowest BCUT2D eigenvalue weighted by molar-refractivity contribution is -0.155. The van der Waals surface area contributed by atoms with Crippen molar-refractivity contribution in [3.8, 4) is 5.75 Å².